The van der Waals surface area contributed by atoms with E-state index in [0.717, 1.165) is 17.8 Å². The molecular weight excluding hydrogens is 198 g/mol. The summed E-state index contributed by atoms with van der Waals surface area (Å²) >= 11 is 0. The number of rotatable bonds is 3. The van der Waals surface area contributed by atoms with Crippen LogP contribution in [0.2, 0.25) is 0 Å². The molecule has 1 aromatic heterocycles. The van der Waals surface area contributed by atoms with Crippen LogP contribution in [0.3, 0.4) is 0 Å². The SMILES string of the molecule is CNC(C)Cc1ccc2c(c1)nc(C)n2C. The fourth-order valence-electron chi connectivity index (χ4n) is 1.95. The minimum Gasteiger partial charge on any atom is -0.331 e. The number of benzene rings is 1. The number of likely N-dealkylation sites (N-methyl/N-ethyl adjacent to an activating group) is 1. The molecule has 86 valence electrons. The fourth-order valence-corrected chi connectivity index (χ4v) is 1.95. The van der Waals surface area contributed by atoms with Gasteiger partial charge in [-0.25, -0.2) is 4.98 Å². The predicted molar refractivity (Wildman–Crippen MR) is 67.7 cm³/mol. The fraction of sp³-hybridized carbons (Fsp3) is 0.462. The summed E-state index contributed by atoms with van der Waals surface area (Å²) in [6.45, 7) is 4.23. The molecule has 0 aliphatic heterocycles. The molecule has 16 heavy (non-hydrogen) atoms. The first kappa shape index (κ1) is 11.1. The van der Waals surface area contributed by atoms with E-state index in [-0.39, 0.29) is 0 Å². The lowest BCUT2D eigenvalue weighted by atomic mass is 10.1. The van der Waals surface area contributed by atoms with Gasteiger partial charge in [0.2, 0.25) is 0 Å². The smallest absolute Gasteiger partial charge is 0.106 e. The zero-order chi connectivity index (χ0) is 11.7. The van der Waals surface area contributed by atoms with Crippen LogP contribution < -0.4 is 5.32 Å². The van der Waals surface area contributed by atoms with Crippen LogP contribution >= 0.6 is 0 Å². The standard InChI is InChI=1S/C13H19N3/c1-9(14-3)7-11-5-6-13-12(8-11)15-10(2)16(13)4/h5-6,8-9,14H,7H2,1-4H3. The number of nitrogens with one attached hydrogen (secondary N) is 1. The zero-order valence-corrected chi connectivity index (χ0v) is 10.4. The normalized spacial score (nSPS) is 13.2. The van der Waals surface area contributed by atoms with Crippen molar-refractivity contribution >= 4 is 11.0 Å². The van der Waals surface area contributed by atoms with Crippen LogP contribution in [0.15, 0.2) is 18.2 Å². The maximum absolute atomic E-state index is 4.55. The Labute approximate surface area is 96.5 Å². The lowest BCUT2D eigenvalue weighted by Crippen LogP contribution is -2.23. The van der Waals surface area contributed by atoms with Gasteiger partial charge in [0.15, 0.2) is 0 Å². The third-order valence-electron chi connectivity index (χ3n) is 3.20. The van der Waals surface area contributed by atoms with Crippen LogP contribution in [0, 0.1) is 6.92 Å². The number of imidazole rings is 1. The number of fused-ring (bicyclic) bond motifs is 1. The van der Waals surface area contributed by atoms with Gasteiger partial charge in [-0.1, -0.05) is 6.07 Å². The summed E-state index contributed by atoms with van der Waals surface area (Å²) in [5.41, 5.74) is 3.65. The highest BCUT2D eigenvalue weighted by Crippen LogP contribution is 2.17. The van der Waals surface area contributed by atoms with Crippen molar-refractivity contribution in [3.63, 3.8) is 0 Å². The average Bonchev–Trinajstić information content (AvgIpc) is 2.54. The molecule has 0 aliphatic rings. The third kappa shape index (κ3) is 1.95. The van der Waals surface area contributed by atoms with Crippen LogP contribution in [0.4, 0.5) is 0 Å². The van der Waals surface area contributed by atoms with Crippen molar-refractivity contribution in [2.75, 3.05) is 7.05 Å². The van der Waals surface area contributed by atoms with Crippen molar-refractivity contribution < 1.29 is 0 Å². The molecule has 3 heteroatoms. The summed E-state index contributed by atoms with van der Waals surface area (Å²) in [6, 6.07) is 7.04. The summed E-state index contributed by atoms with van der Waals surface area (Å²) in [4.78, 5) is 4.55. The molecule has 0 amide bonds. The van der Waals surface area contributed by atoms with E-state index in [0.29, 0.717) is 6.04 Å². The molecule has 0 aliphatic carbocycles. The minimum absolute atomic E-state index is 0.502. The maximum atomic E-state index is 4.55. The quantitative estimate of drug-likeness (QED) is 0.852. The van der Waals surface area contributed by atoms with E-state index in [1.54, 1.807) is 0 Å². The third-order valence-corrected chi connectivity index (χ3v) is 3.20. The van der Waals surface area contributed by atoms with Crippen LogP contribution in [-0.4, -0.2) is 22.6 Å². The van der Waals surface area contributed by atoms with Crippen molar-refractivity contribution in [1.82, 2.24) is 14.9 Å². The monoisotopic (exact) mass is 217 g/mol. The van der Waals surface area contributed by atoms with Crippen molar-refractivity contribution in [3.8, 4) is 0 Å². The van der Waals surface area contributed by atoms with Crippen LogP contribution in [0.1, 0.15) is 18.3 Å². The molecular formula is C13H19N3. The largest absolute Gasteiger partial charge is 0.331 e. The number of nitrogens with zero attached hydrogens (tertiary/aromatic N) is 2. The number of hydrogen-bond donors (Lipinski definition) is 1. The molecule has 1 N–H and O–H groups in total. The van der Waals surface area contributed by atoms with Gasteiger partial charge in [0, 0.05) is 13.1 Å². The van der Waals surface area contributed by atoms with E-state index in [1.165, 1.54) is 11.1 Å². The summed E-state index contributed by atoms with van der Waals surface area (Å²) in [5.74, 6) is 1.06. The maximum Gasteiger partial charge on any atom is 0.106 e. The Balaban J connectivity index is 2.37. The number of aryl methyl sites for hydroxylation is 2. The molecule has 0 saturated heterocycles. The first-order chi connectivity index (χ1) is 7.61. The highest BCUT2D eigenvalue weighted by Gasteiger charge is 2.06. The Morgan fingerprint density at radius 1 is 1.44 bits per heavy atom. The molecule has 2 aromatic rings. The van der Waals surface area contributed by atoms with Gasteiger partial charge in [-0.2, -0.15) is 0 Å². The Bertz CT molecular complexity index is 499. The minimum atomic E-state index is 0.502. The summed E-state index contributed by atoms with van der Waals surface area (Å²) in [6.07, 6.45) is 1.04. The summed E-state index contributed by atoms with van der Waals surface area (Å²) < 4.78 is 2.13. The number of aromatic nitrogens is 2. The van der Waals surface area contributed by atoms with E-state index < -0.39 is 0 Å². The summed E-state index contributed by atoms with van der Waals surface area (Å²) in [7, 11) is 4.05. The highest BCUT2D eigenvalue weighted by molar-refractivity contribution is 5.76. The summed E-state index contributed by atoms with van der Waals surface area (Å²) in [5, 5.41) is 3.25. The first-order valence-corrected chi connectivity index (χ1v) is 5.71. The van der Waals surface area contributed by atoms with E-state index >= 15 is 0 Å². The number of hydrogen-bond acceptors (Lipinski definition) is 2. The lowest BCUT2D eigenvalue weighted by Gasteiger charge is -2.09. The Hall–Kier alpha value is -1.35. The van der Waals surface area contributed by atoms with E-state index in [2.05, 4.69) is 47.0 Å². The molecule has 1 aromatic carbocycles. The van der Waals surface area contributed by atoms with Crippen LogP contribution in [0.5, 0.6) is 0 Å². The van der Waals surface area contributed by atoms with Gasteiger partial charge in [-0.05, 0) is 45.0 Å². The van der Waals surface area contributed by atoms with Gasteiger partial charge in [0.1, 0.15) is 5.82 Å². The first-order valence-electron chi connectivity index (χ1n) is 5.71. The molecule has 0 saturated carbocycles. The molecule has 2 rings (SSSR count). The van der Waals surface area contributed by atoms with Gasteiger partial charge in [0.25, 0.3) is 0 Å². The predicted octanol–water partition coefficient (Wildman–Crippen LogP) is 2.03. The van der Waals surface area contributed by atoms with Gasteiger partial charge in [-0.15, -0.1) is 0 Å². The van der Waals surface area contributed by atoms with E-state index in [9.17, 15) is 0 Å². The van der Waals surface area contributed by atoms with Gasteiger partial charge in [0.05, 0.1) is 11.0 Å². The van der Waals surface area contributed by atoms with Crippen LogP contribution in [0.25, 0.3) is 11.0 Å². The Morgan fingerprint density at radius 3 is 2.88 bits per heavy atom. The van der Waals surface area contributed by atoms with Crippen molar-refractivity contribution in [2.45, 2.75) is 26.3 Å². The molecule has 3 nitrogen and oxygen atoms in total. The zero-order valence-electron chi connectivity index (χ0n) is 10.4. The topological polar surface area (TPSA) is 29.9 Å². The van der Waals surface area contributed by atoms with Crippen molar-refractivity contribution in [1.29, 1.82) is 0 Å². The second-order valence-electron chi connectivity index (χ2n) is 4.43. The van der Waals surface area contributed by atoms with Crippen molar-refractivity contribution in [3.05, 3.63) is 29.6 Å². The Morgan fingerprint density at radius 2 is 2.19 bits per heavy atom. The molecule has 0 bridgehead atoms. The van der Waals surface area contributed by atoms with Crippen LogP contribution in [-0.2, 0) is 13.5 Å². The lowest BCUT2D eigenvalue weighted by molar-refractivity contribution is 0.609. The highest BCUT2D eigenvalue weighted by atomic mass is 15.0. The molecule has 0 fully saturated rings. The second kappa shape index (κ2) is 4.26. The average molecular weight is 217 g/mol. The van der Waals surface area contributed by atoms with Gasteiger partial charge in [-0.3, -0.25) is 0 Å². The molecule has 1 unspecified atom stereocenters. The van der Waals surface area contributed by atoms with Crippen molar-refractivity contribution in [2.24, 2.45) is 7.05 Å². The molecule has 1 atom stereocenters. The van der Waals surface area contributed by atoms with E-state index in [1.807, 2.05) is 14.0 Å². The van der Waals surface area contributed by atoms with Gasteiger partial charge < -0.3 is 9.88 Å². The second-order valence-corrected chi connectivity index (χ2v) is 4.43. The molecule has 0 spiro atoms. The molecule has 0 radical (unpaired) electrons. The molecule has 1 heterocycles. The Kier molecular flexibility index (Phi) is 2.97. The van der Waals surface area contributed by atoms with Gasteiger partial charge >= 0.3 is 0 Å². The van der Waals surface area contributed by atoms with E-state index in [4.69, 9.17) is 0 Å².